The highest BCUT2D eigenvalue weighted by molar-refractivity contribution is 5.12. The third-order valence-corrected chi connectivity index (χ3v) is 6.28. The Bertz CT molecular complexity index is 373. The summed E-state index contributed by atoms with van der Waals surface area (Å²) in [4.78, 5) is 2.83. The number of likely N-dealkylation sites (tertiary alicyclic amines) is 1. The minimum atomic E-state index is 0.251. The fourth-order valence-electron chi connectivity index (χ4n) is 5.74. The summed E-state index contributed by atoms with van der Waals surface area (Å²) in [5.74, 6) is 3.27. The van der Waals surface area contributed by atoms with Crippen molar-refractivity contribution in [2.24, 2.45) is 23.7 Å². The highest BCUT2D eigenvalue weighted by atomic mass is 15.4. The number of hydrogen-bond acceptors (Lipinski definition) is 3. The van der Waals surface area contributed by atoms with E-state index in [1.807, 2.05) is 0 Å². The summed E-state index contributed by atoms with van der Waals surface area (Å²) in [6, 6.07) is 1.47. The van der Waals surface area contributed by atoms with Gasteiger partial charge in [0, 0.05) is 17.6 Å². The first-order valence-corrected chi connectivity index (χ1v) is 9.11. The van der Waals surface area contributed by atoms with Gasteiger partial charge in [0.1, 0.15) is 0 Å². The molecule has 0 radical (unpaired) electrons. The van der Waals surface area contributed by atoms with Crippen molar-refractivity contribution in [3.63, 3.8) is 0 Å². The zero-order valence-corrected chi connectivity index (χ0v) is 14.8. The third-order valence-electron chi connectivity index (χ3n) is 6.28. The van der Waals surface area contributed by atoms with Gasteiger partial charge < -0.3 is 5.32 Å². The van der Waals surface area contributed by atoms with Crippen molar-refractivity contribution in [3.8, 4) is 0 Å². The molecule has 0 aromatic rings. The van der Waals surface area contributed by atoms with E-state index >= 15 is 0 Å². The SMILES string of the molecule is CCC1C(C(C)C)C2C3CNCCC3NC2N1C(C)(C)C. The summed E-state index contributed by atoms with van der Waals surface area (Å²) in [6.45, 7) is 16.9. The Morgan fingerprint density at radius 3 is 2.52 bits per heavy atom. The van der Waals surface area contributed by atoms with Crippen molar-refractivity contribution in [1.29, 1.82) is 0 Å². The Morgan fingerprint density at radius 1 is 1.24 bits per heavy atom. The number of nitrogens with one attached hydrogen (secondary N) is 2. The molecular formula is C18H35N3. The zero-order valence-electron chi connectivity index (χ0n) is 14.8. The van der Waals surface area contributed by atoms with Crippen LogP contribution in [0, 0.1) is 23.7 Å². The Kier molecular flexibility index (Phi) is 4.13. The van der Waals surface area contributed by atoms with E-state index in [2.05, 4.69) is 57.1 Å². The molecule has 0 bridgehead atoms. The molecule has 3 aliphatic heterocycles. The lowest BCUT2D eigenvalue weighted by Crippen LogP contribution is -2.55. The van der Waals surface area contributed by atoms with Crippen LogP contribution in [0.1, 0.15) is 54.4 Å². The molecule has 6 unspecified atom stereocenters. The van der Waals surface area contributed by atoms with E-state index in [0.717, 1.165) is 35.8 Å². The smallest absolute Gasteiger partial charge is 0.0642 e. The highest BCUT2D eigenvalue weighted by Gasteiger charge is 2.59. The van der Waals surface area contributed by atoms with E-state index in [1.54, 1.807) is 0 Å². The van der Waals surface area contributed by atoms with Gasteiger partial charge in [-0.05, 0) is 70.4 Å². The van der Waals surface area contributed by atoms with Gasteiger partial charge in [0.25, 0.3) is 0 Å². The first-order valence-electron chi connectivity index (χ1n) is 9.11. The predicted octanol–water partition coefficient (Wildman–Crippen LogP) is 2.67. The molecule has 0 aliphatic carbocycles. The van der Waals surface area contributed by atoms with Crippen LogP contribution in [-0.4, -0.2) is 41.8 Å². The van der Waals surface area contributed by atoms with Crippen LogP contribution in [0.15, 0.2) is 0 Å². The summed E-state index contributed by atoms with van der Waals surface area (Å²) in [6.07, 6.45) is 3.17. The molecule has 0 aromatic carbocycles. The van der Waals surface area contributed by atoms with Gasteiger partial charge in [-0.3, -0.25) is 10.2 Å². The van der Waals surface area contributed by atoms with Gasteiger partial charge in [0.15, 0.2) is 0 Å². The fourth-order valence-corrected chi connectivity index (χ4v) is 5.74. The van der Waals surface area contributed by atoms with Crippen LogP contribution in [0.3, 0.4) is 0 Å². The molecule has 21 heavy (non-hydrogen) atoms. The average Bonchev–Trinajstić information content (AvgIpc) is 2.90. The molecule has 3 fully saturated rings. The van der Waals surface area contributed by atoms with E-state index in [4.69, 9.17) is 0 Å². The molecule has 122 valence electrons. The molecule has 0 aromatic heterocycles. The number of fused-ring (bicyclic) bond motifs is 3. The Hall–Kier alpha value is -0.120. The van der Waals surface area contributed by atoms with Crippen molar-refractivity contribution in [1.82, 2.24) is 15.5 Å². The van der Waals surface area contributed by atoms with Crippen LogP contribution in [-0.2, 0) is 0 Å². The third kappa shape index (κ3) is 2.46. The second-order valence-electron chi connectivity index (χ2n) is 8.83. The Morgan fingerprint density at radius 2 is 1.95 bits per heavy atom. The standard InChI is InChI=1S/C18H35N3/c1-7-14-15(11(2)3)16-12-10-19-9-8-13(12)20-17(16)21(14)18(4,5)6/h11-17,19-20H,7-10H2,1-6H3. The zero-order chi connectivity index (χ0) is 15.4. The molecule has 0 amide bonds. The maximum atomic E-state index is 4.05. The van der Waals surface area contributed by atoms with Crippen LogP contribution >= 0.6 is 0 Å². The normalized spacial score (nSPS) is 44.1. The van der Waals surface area contributed by atoms with Crippen LogP contribution in [0.4, 0.5) is 0 Å². The average molecular weight is 293 g/mol. The molecule has 0 saturated carbocycles. The summed E-state index contributed by atoms with van der Waals surface area (Å²) in [5.41, 5.74) is 0.251. The van der Waals surface area contributed by atoms with E-state index in [0.29, 0.717) is 6.17 Å². The summed E-state index contributed by atoms with van der Waals surface area (Å²) >= 11 is 0. The molecular weight excluding hydrogens is 258 g/mol. The van der Waals surface area contributed by atoms with Crippen LogP contribution < -0.4 is 10.6 Å². The van der Waals surface area contributed by atoms with Gasteiger partial charge in [-0.15, -0.1) is 0 Å². The second kappa shape index (κ2) is 5.50. The fraction of sp³-hybridized carbons (Fsp3) is 1.00. The van der Waals surface area contributed by atoms with Crippen molar-refractivity contribution < 1.29 is 0 Å². The van der Waals surface area contributed by atoms with Gasteiger partial charge in [-0.25, -0.2) is 0 Å². The molecule has 3 saturated heterocycles. The number of hydrogen-bond donors (Lipinski definition) is 2. The summed E-state index contributed by atoms with van der Waals surface area (Å²) < 4.78 is 0. The second-order valence-corrected chi connectivity index (χ2v) is 8.83. The predicted molar refractivity (Wildman–Crippen MR) is 89.2 cm³/mol. The van der Waals surface area contributed by atoms with Crippen LogP contribution in [0.25, 0.3) is 0 Å². The maximum Gasteiger partial charge on any atom is 0.0642 e. The number of rotatable bonds is 2. The quantitative estimate of drug-likeness (QED) is 0.820. The van der Waals surface area contributed by atoms with E-state index < -0.39 is 0 Å². The minimum Gasteiger partial charge on any atom is -0.316 e. The molecule has 0 spiro atoms. The topological polar surface area (TPSA) is 27.3 Å². The molecule has 2 N–H and O–H groups in total. The minimum absolute atomic E-state index is 0.251. The van der Waals surface area contributed by atoms with Crippen molar-refractivity contribution in [3.05, 3.63) is 0 Å². The molecule has 3 nitrogen and oxygen atoms in total. The van der Waals surface area contributed by atoms with Gasteiger partial charge in [-0.1, -0.05) is 20.8 Å². The molecule has 6 atom stereocenters. The monoisotopic (exact) mass is 293 g/mol. The van der Waals surface area contributed by atoms with Gasteiger partial charge in [-0.2, -0.15) is 0 Å². The van der Waals surface area contributed by atoms with E-state index in [9.17, 15) is 0 Å². The van der Waals surface area contributed by atoms with E-state index in [1.165, 1.54) is 25.9 Å². The first-order chi connectivity index (χ1) is 9.86. The van der Waals surface area contributed by atoms with Crippen molar-refractivity contribution in [2.45, 2.75) is 78.2 Å². The molecule has 3 aliphatic rings. The van der Waals surface area contributed by atoms with Crippen molar-refractivity contribution >= 4 is 0 Å². The summed E-state index contributed by atoms with van der Waals surface area (Å²) in [5, 5.41) is 7.70. The van der Waals surface area contributed by atoms with Gasteiger partial charge in [0.05, 0.1) is 6.17 Å². The van der Waals surface area contributed by atoms with Gasteiger partial charge >= 0.3 is 0 Å². The van der Waals surface area contributed by atoms with Crippen molar-refractivity contribution in [2.75, 3.05) is 13.1 Å². The lowest BCUT2D eigenvalue weighted by molar-refractivity contribution is 0.0469. The summed E-state index contributed by atoms with van der Waals surface area (Å²) in [7, 11) is 0. The highest BCUT2D eigenvalue weighted by Crippen LogP contribution is 2.51. The molecule has 3 heterocycles. The molecule has 3 rings (SSSR count). The number of piperidine rings is 1. The van der Waals surface area contributed by atoms with Crippen LogP contribution in [0.5, 0.6) is 0 Å². The largest absolute Gasteiger partial charge is 0.316 e. The van der Waals surface area contributed by atoms with Crippen LogP contribution in [0.2, 0.25) is 0 Å². The first kappa shape index (κ1) is 15.8. The van der Waals surface area contributed by atoms with Gasteiger partial charge in [0.2, 0.25) is 0 Å². The van der Waals surface area contributed by atoms with E-state index in [-0.39, 0.29) is 5.54 Å². The lowest BCUT2D eigenvalue weighted by atomic mass is 9.72. The Labute approximate surface area is 131 Å². The number of nitrogens with zero attached hydrogens (tertiary/aromatic N) is 1. The lowest BCUT2D eigenvalue weighted by Gasteiger charge is -2.43. The Balaban J connectivity index is 1.97. The molecule has 3 heteroatoms. The maximum absolute atomic E-state index is 4.05.